The monoisotopic (exact) mass is 515 g/mol. The van der Waals surface area contributed by atoms with Crippen molar-refractivity contribution in [2.75, 3.05) is 17.7 Å². The first-order valence-corrected chi connectivity index (χ1v) is 12.1. The second-order valence-corrected chi connectivity index (χ2v) is 9.21. The summed E-state index contributed by atoms with van der Waals surface area (Å²) < 4.78 is 8.47. The number of amides is 1. The molecular weight excluding hydrogens is 498 g/mol. The van der Waals surface area contributed by atoms with E-state index in [0.29, 0.717) is 33.4 Å². The van der Waals surface area contributed by atoms with Crippen molar-refractivity contribution in [3.05, 3.63) is 74.8 Å². The van der Waals surface area contributed by atoms with Gasteiger partial charge in [-0.1, -0.05) is 27.7 Å². The first-order chi connectivity index (χ1) is 15.0. The average molecular weight is 516 g/mol. The number of halogens is 1. The molecule has 1 N–H and O–H groups in total. The number of carbonyl (C=O) groups is 1. The third-order valence-electron chi connectivity index (χ3n) is 4.32. The van der Waals surface area contributed by atoms with Crippen molar-refractivity contribution >= 4 is 60.8 Å². The largest absolute Gasteiger partial charge is 0.494 e. The van der Waals surface area contributed by atoms with Crippen LogP contribution in [0.5, 0.6) is 5.75 Å². The molecule has 6 nitrogen and oxygen atoms in total. The van der Waals surface area contributed by atoms with Gasteiger partial charge in [-0.3, -0.25) is 14.2 Å². The summed E-state index contributed by atoms with van der Waals surface area (Å²) in [5.41, 5.74) is 1.88. The van der Waals surface area contributed by atoms with Crippen molar-refractivity contribution in [1.29, 1.82) is 0 Å². The number of fused-ring (bicyclic) bond motifs is 1. The van der Waals surface area contributed by atoms with Crippen LogP contribution >= 0.6 is 39.0 Å². The van der Waals surface area contributed by atoms with E-state index >= 15 is 0 Å². The van der Waals surface area contributed by atoms with Gasteiger partial charge in [0, 0.05) is 10.2 Å². The van der Waals surface area contributed by atoms with Crippen LogP contribution in [0.15, 0.2) is 74.4 Å². The number of nitrogens with zero attached hydrogens (tertiary/aromatic N) is 2. The van der Waals surface area contributed by atoms with Crippen molar-refractivity contribution in [2.24, 2.45) is 0 Å². The Morgan fingerprint density at radius 2 is 1.90 bits per heavy atom. The molecule has 0 saturated heterocycles. The first kappa shape index (κ1) is 21.6. The Labute approximate surface area is 195 Å². The van der Waals surface area contributed by atoms with Gasteiger partial charge in [0.2, 0.25) is 5.91 Å². The second-order valence-electron chi connectivity index (χ2n) is 6.44. The maximum atomic E-state index is 13.1. The number of hydrogen-bond donors (Lipinski definition) is 1. The van der Waals surface area contributed by atoms with E-state index in [4.69, 9.17) is 4.74 Å². The normalized spacial score (nSPS) is 10.9. The Bertz CT molecular complexity index is 1270. The molecule has 0 unspecified atom stereocenters. The van der Waals surface area contributed by atoms with Gasteiger partial charge in [-0.2, -0.15) is 0 Å². The minimum atomic E-state index is -0.184. The van der Waals surface area contributed by atoms with Crippen LogP contribution in [0.2, 0.25) is 0 Å². The smallest absolute Gasteiger partial charge is 0.276 e. The van der Waals surface area contributed by atoms with E-state index in [9.17, 15) is 9.59 Å². The van der Waals surface area contributed by atoms with Crippen LogP contribution in [0.3, 0.4) is 0 Å². The Hall–Kier alpha value is -2.62. The lowest BCUT2D eigenvalue weighted by molar-refractivity contribution is -0.113. The zero-order valence-electron chi connectivity index (χ0n) is 16.5. The summed E-state index contributed by atoms with van der Waals surface area (Å²) in [6.45, 7) is 2.51. The fraction of sp³-hybridized carbons (Fsp3) is 0.136. The quantitative estimate of drug-likeness (QED) is 0.265. The number of nitrogens with one attached hydrogen (secondary N) is 1. The molecule has 4 rings (SSSR count). The summed E-state index contributed by atoms with van der Waals surface area (Å²) in [6, 6.07) is 16.4. The zero-order chi connectivity index (χ0) is 21.8. The third-order valence-corrected chi connectivity index (χ3v) is 6.67. The topological polar surface area (TPSA) is 73.2 Å². The molecule has 0 atom stereocenters. The highest BCUT2D eigenvalue weighted by molar-refractivity contribution is 9.10. The molecule has 0 aliphatic carbocycles. The number of benzene rings is 2. The van der Waals surface area contributed by atoms with Crippen molar-refractivity contribution < 1.29 is 9.53 Å². The highest BCUT2D eigenvalue weighted by Gasteiger charge is 2.16. The molecule has 0 bridgehead atoms. The number of carbonyl (C=O) groups excluding carboxylic acids is 1. The standard InChI is InChI=1S/C22H18BrN3O3S2/c1-2-29-17-9-5-15(6-10-17)24-19(27)13-31-22-25-18-11-12-30-20(18)21(28)26(22)16-7-3-14(23)4-8-16/h3-12H,2,13H2,1H3,(H,24,27). The van der Waals surface area contributed by atoms with Crippen LogP contribution < -0.4 is 15.6 Å². The van der Waals surface area contributed by atoms with Gasteiger partial charge >= 0.3 is 0 Å². The lowest BCUT2D eigenvalue weighted by atomic mass is 10.3. The molecule has 0 spiro atoms. The molecular formula is C22H18BrN3O3S2. The molecule has 0 aliphatic rings. The number of thiophene rings is 1. The lowest BCUT2D eigenvalue weighted by Crippen LogP contribution is -2.22. The van der Waals surface area contributed by atoms with E-state index in [1.165, 1.54) is 23.1 Å². The molecule has 158 valence electrons. The van der Waals surface area contributed by atoms with Crippen LogP contribution in [0.1, 0.15) is 6.92 Å². The predicted octanol–water partition coefficient (Wildman–Crippen LogP) is 5.34. The van der Waals surface area contributed by atoms with Crippen molar-refractivity contribution in [1.82, 2.24) is 9.55 Å². The van der Waals surface area contributed by atoms with Crippen molar-refractivity contribution in [2.45, 2.75) is 12.1 Å². The van der Waals surface area contributed by atoms with Gasteiger partial charge in [0.1, 0.15) is 10.4 Å². The van der Waals surface area contributed by atoms with Gasteiger partial charge in [-0.25, -0.2) is 4.98 Å². The second kappa shape index (κ2) is 9.67. The van der Waals surface area contributed by atoms with Crippen LogP contribution in [-0.2, 0) is 4.79 Å². The molecule has 0 radical (unpaired) electrons. The summed E-state index contributed by atoms with van der Waals surface area (Å²) in [5.74, 6) is 0.684. The van der Waals surface area contributed by atoms with Crippen molar-refractivity contribution in [3.63, 3.8) is 0 Å². The number of anilines is 1. The van der Waals surface area contributed by atoms with Gasteiger partial charge in [0.05, 0.1) is 23.6 Å². The molecule has 0 saturated carbocycles. The van der Waals surface area contributed by atoms with E-state index in [1.54, 1.807) is 16.7 Å². The summed E-state index contributed by atoms with van der Waals surface area (Å²) in [7, 11) is 0. The summed E-state index contributed by atoms with van der Waals surface area (Å²) in [5, 5.41) is 5.18. The van der Waals surface area contributed by atoms with Gasteiger partial charge in [-0.05, 0) is 66.9 Å². The summed E-state index contributed by atoms with van der Waals surface area (Å²) in [4.78, 5) is 30.3. The van der Waals surface area contributed by atoms with E-state index in [0.717, 1.165) is 10.2 Å². The number of aromatic nitrogens is 2. The number of thioether (sulfide) groups is 1. The molecule has 4 aromatic rings. The summed E-state index contributed by atoms with van der Waals surface area (Å²) >= 11 is 6.00. The molecule has 1 amide bonds. The highest BCUT2D eigenvalue weighted by atomic mass is 79.9. The fourth-order valence-corrected chi connectivity index (χ4v) is 4.77. The van der Waals surface area contributed by atoms with Crippen LogP contribution in [0.25, 0.3) is 15.9 Å². The molecule has 9 heteroatoms. The molecule has 31 heavy (non-hydrogen) atoms. The Morgan fingerprint density at radius 3 is 2.61 bits per heavy atom. The van der Waals surface area contributed by atoms with Gasteiger partial charge in [-0.15, -0.1) is 11.3 Å². The first-order valence-electron chi connectivity index (χ1n) is 9.47. The van der Waals surface area contributed by atoms with Gasteiger partial charge in [0.15, 0.2) is 5.16 Å². The number of rotatable bonds is 7. The maximum Gasteiger partial charge on any atom is 0.276 e. The van der Waals surface area contributed by atoms with E-state index in [2.05, 4.69) is 26.2 Å². The van der Waals surface area contributed by atoms with Gasteiger partial charge < -0.3 is 10.1 Å². The minimum absolute atomic E-state index is 0.117. The minimum Gasteiger partial charge on any atom is -0.494 e. The average Bonchev–Trinajstić information content (AvgIpc) is 3.24. The Balaban J connectivity index is 1.56. The maximum absolute atomic E-state index is 13.1. The van der Waals surface area contributed by atoms with Crippen LogP contribution in [0, 0.1) is 0 Å². The summed E-state index contributed by atoms with van der Waals surface area (Å²) in [6.07, 6.45) is 0. The van der Waals surface area contributed by atoms with Gasteiger partial charge in [0.25, 0.3) is 5.56 Å². The molecule has 0 aliphatic heterocycles. The van der Waals surface area contributed by atoms with Crippen molar-refractivity contribution in [3.8, 4) is 11.4 Å². The molecule has 2 aromatic carbocycles. The third kappa shape index (κ3) is 5.00. The molecule has 0 fully saturated rings. The lowest BCUT2D eigenvalue weighted by Gasteiger charge is -2.12. The van der Waals surface area contributed by atoms with E-state index in [1.807, 2.05) is 54.8 Å². The zero-order valence-corrected chi connectivity index (χ0v) is 19.7. The van der Waals surface area contributed by atoms with Crippen LogP contribution in [-0.4, -0.2) is 27.8 Å². The predicted molar refractivity (Wildman–Crippen MR) is 130 cm³/mol. The SMILES string of the molecule is CCOc1ccc(NC(=O)CSc2nc3ccsc3c(=O)n2-c2ccc(Br)cc2)cc1. The Kier molecular flexibility index (Phi) is 6.74. The number of ether oxygens (including phenoxy) is 1. The van der Waals surface area contributed by atoms with E-state index < -0.39 is 0 Å². The molecule has 2 heterocycles. The van der Waals surface area contributed by atoms with Crippen LogP contribution in [0.4, 0.5) is 5.69 Å². The van der Waals surface area contributed by atoms with E-state index in [-0.39, 0.29) is 17.2 Å². The Morgan fingerprint density at radius 1 is 1.16 bits per heavy atom. The molecule has 2 aromatic heterocycles. The number of hydrogen-bond acceptors (Lipinski definition) is 6. The fourth-order valence-electron chi connectivity index (χ4n) is 2.94. The highest BCUT2D eigenvalue weighted by Crippen LogP contribution is 2.25.